The summed E-state index contributed by atoms with van der Waals surface area (Å²) < 4.78 is 45.5. The van der Waals surface area contributed by atoms with Crippen LogP contribution in [-0.2, 0) is 32.7 Å². The van der Waals surface area contributed by atoms with E-state index in [9.17, 15) is 13.2 Å². The Morgan fingerprint density at radius 1 is 1.42 bits per heavy atom. The van der Waals surface area contributed by atoms with Crippen molar-refractivity contribution in [2.75, 3.05) is 13.2 Å². The third kappa shape index (κ3) is 4.52. The number of terminal acetylenes is 1. The minimum absolute atomic E-state index is 0. The molecule has 1 aliphatic rings. The first-order valence-corrected chi connectivity index (χ1v) is 6.86. The van der Waals surface area contributed by atoms with Gasteiger partial charge in [-0.3, -0.25) is 0 Å². The zero-order chi connectivity index (χ0) is 17.0. The van der Waals surface area contributed by atoms with Gasteiger partial charge in [-0.2, -0.15) is 12.2 Å². The minimum Gasteiger partial charge on any atom is -0.493 e. The zero-order valence-electron chi connectivity index (χ0n) is 13.2. The van der Waals surface area contributed by atoms with Crippen molar-refractivity contribution in [2.24, 2.45) is 0 Å². The summed E-state index contributed by atoms with van der Waals surface area (Å²) >= 11 is 0. The molecular formula is C18H15F3NOY-. The number of alkyl halides is 2. The predicted molar refractivity (Wildman–Crippen MR) is 83.0 cm³/mol. The van der Waals surface area contributed by atoms with Gasteiger partial charge in [-0.05, 0) is 23.4 Å². The number of ether oxygens (including phenoxy) is 1. The van der Waals surface area contributed by atoms with Gasteiger partial charge in [0.15, 0.2) is 0 Å². The van der Waals surface area contributed by atoms with Gasteiger partial charge in [0.2, 0.25) is 0 Å². The maximum Gasteiger partial charge on any atom is 0.256 e. The molecule has 0 bridgehead atoms. The Morgan fingerprint density at radius 3 is 2.75 bits per heavy atom. The molecule has 1 radical (unpaired) electrons. The normalized spacial score (nSPS) is 13.8. The van der Waals surface area contributed by atoms with Crippen molar-refractivity contribution in [1.29, 1.82) is 0 Å². The Balaban J connectivity index is 0.00000288. The Kier molecular flexibility index (Phi) is 7.79. The Hall–Kier alpha value is -1.51. The molecule has 0 aromatic heterocycles. The minimum atomic E-state index is -2.61. The number of rotatable bonds is 5. The van der Waals surface area contributed by atoms with Crippen LogP contribution in [-0.4, -0.2) is 24.5 Å². The fraction of sp³-hybridized carbons (Fsp3) is 0.222. The third-order valence-corrected chi connectivity index (χ3v) is 3.32. The molecule has 0 aliphatic carbocycles. The van der Waals surface area contributed by atoms with Gasteiger partial charge in [0, 0.05) is 32.7 Å². The zero-order valence-corrected chi connectivity index (χ0v) is 16.0. The number of allylic oxidation sites excluding steroid dienone is 3. The van der Waals surface area contributed by atoms with Gasteiger partial charge in [0.1, 0.15) is 6.61 Å². The topological polar surface area (TPSA) is 12.5 Å². The maximum absolute atomic E-state index is 14.3. The number of halogens is 3. The standard InChI is InChI=1S/C18H15F3NO.Y/c1-4-10-23-16-7-5-6-14(19)18(16)15-9-8-12(2)13(3)22(15)11-17(20)21;/h1,5-8,17H,3,10-11H2,2H3;/q-1;. The van der Waals surface area contributed by atoms with E-state index >= 15 is 0 Å². The largest absolute Gasteiger partial charge is 0.493 e. The second kappa shape index (κ2) is 9.10. The molecule has 0 spiro atoms. The van der Waals surface area contributed by atoms with Crippen molar-refractivity contribution in [3.63, 3.8) is 0 Å². The van der Waals surface area contributed by atoms with Crippen LogP contribution in [0.4, 0.5) is 13.2 Å². The number of hydrogen-bond donors (Lipinski definition) is 0. The summed E-state index contributed by atoms with van der Waals surface area (Å²) in [5.41, 5.74) is 1.22. The van der Waals surface area contributed by atoms with Crippen LogP contribution in [0.3, 0.4) is 0 Å². The molecule has 0 amide bonds. The quantitative estimate of drug-likeness (QED) is 0.540. The van der Waals surface area contributed by atoms with Crippen molar-refractivity contribution in [2.45, 2.75) is 13.3 Å². The van der Waals surface area contributed by atoms with Crippen LogP contribution < -0.4 is 4.74 Å². The average Bonchev–Trinajstić information content (AvgIpc) is 2.50. The first-order valence-electron chi connectivity index (χ1n) is 6.86. The van der Waals surface area contributed by atoms with E-state index in [2.05, 4.69) is 18.6 Å². The summed E-state index contributed by atoms with van der Waals surface area (Å²) in [5.74, 6) is 1.85. The van der Waals surface area contributed by atoms with Crippen LogP contribution in [0.2, 0.25) is 0 Å². The summed E-state index contributed by atoms with van der Waals surface area (Å²) in [6.07, 6.45) is 6.96. The van der Waals surface area contributed by atoms with Crippen LogP contribution in [0.15, 0.2) is 42.1 Å². The van der Waals surface area contributed by atoms with Gasteiger partial charge in [0.05, 0.1) is 18.1 Å². The molecule has 1 aliphatic heterocycles. The summed E-state index contributed by atoms with van der Waals surface area (Å²) in [5, 5.41) is 0. The van der Waals surface area contributed by atoms with Crippen LogP contribution in [0.25, 0.3) is 5.70 Å². The molecule has 0 N–H and O–H groups in total. The first-order chi connectivity index (χ1) is 11.0. The Labute approximate surface area is 164 Å². The molecule has 24 heavy (non-hydrogen) atoms. The van der Waals surface area contributed by atoms with E-state index in [4.69, 9.17) is 11.2 Å². The van der Waals surface area contributed by atoms with Crippen LogP contribution >= 0.6 is 0 Å². The van der Waals surface area contributed by atoms with Gasteiger partial charge in [0.25, 0.3) is 6.43 Å². The Morgan fingerprint density at radius 2 is 2.12 bits per heavy atom. The molecule has 1 aromatic rings. The smallest absolute Gasteiger partial charge is 0.256 e. The van der Waals surface area contributed by atoms with Crippen molar-refractivity contribution in [1.82, 2.24) is 4.90 Å². The number of hydrogen-bond acceptors (Lipinski definition) is 2. The van der Waals surface area contributed by atoms with Crippen molar-refractivity contribution >= 4 is 5.70 Å². The number of benzene rings is 1. The van der Waals surface area contributed by atoms with Gasteiger partial charge in [-0.25, -0.2) is 13.2 Å². The molecule has 1 heterocycles. The SMILES string of the molecule is C#CCOc1cccc(F)c1C1=[C-]C=C(C)C(=C)N1CC(F)F.[Y]. The molecule has 2 rings (SSSR count). The van der Waals surface area contributed by atoms with Crippen molar-refractivity contribution < 1.29 is 50.6 Å². The van der Waals surface area contributed by atoms with Crippen LogP contribution in [0.5, 0.6) is 5.75 Å². The van der Waals surface area contributed by atoms with E-state index in [-0.39, 0.29) is 56.3 Å². The molecule has 0 atom stereocenters. The van der Waals surface area contributed by atoms with Crippen molar-refractivity contribution in [3.8, 4) is 18.1 Å². The van der Waals surface area contributed by atoms with E-state index < -0.39 is 18.8 Å². The second-order valence-electron chi connectivity index (χ2n) is 4.87. The molecule has 123 valence electrons. The molecule has 0 fully saturated rings. The van der Waals surface area contributed by atoms with Gasteiger partial charge in [-0.1, -0.05) is 31.2 Å². The van der Waals surface area contributed by atoms with Crippen molar-refractivity contribution in [3.05, 3.63) is 59.6 Å². The summed E-state index contributed by atoms with van der Waals surface area (Å²) in [6, 6.07) is 4.21. The summed E-state index contributed by atoms with van der Waals surface area (Å²) in [4.78, 5) is 1.24. The van der Waals surface area contributed by atoms with E-state index in [1.54, 1.807) is 13.0 Å². The third-order valence-electron chi connectivity index (χ3n) is 3.32. The molecule has 0 saturated heterocycles. The fourth-order valence-electron chi connectivity index (χ4n) is 2.21. The summed E-state index contributed by atoms with van der Waals surface area (Å²) in [6.45, 7) is 4.84. The Bertz CT molecular complexity index is 719. The van der Waals surface area contributed by atoms with Crippen LogP contribution in [0.1, 0.15) is 12.5 Å². The molecule has 6 heteroatoms. The molecular weight excluding hydrogens is 392 g/mol. The monoisotopic (exact) mass is 407 g/mol. The van der Waals surface area contributed by atoms with Crippen LogP contribution in [0, 0.1) is 24.2 Å². The van der Waals surface area contributed by atoms with E-state index in [1.807, 2.05) is 0 Å². The van der Waals surface area contributed by atoms with Gasteiger partial charge >= 0.3 is 0 Å². The molecule has 0 unspecified atom stereocenters. The molecule has 1 aromatic carbocycles. The molecule has 2 nitrogen and oxygen atoms in total. The maximum atomic E-state index is 14.3. The predicted octanol–water partition coefficient (Wildman–Crippen LogP) is 4.02. The molecule has 0 saturated carbocycles. The second-order valence-corrected chi connectivity index (χ2v) is 4.87. The van der Waals surface area contributed by atoms with E-state index in [1.165, 1.54) is 23.1 Å². The number of nitrogens with zero attached hydrogens (tertiary/aromatic N) is 1. The van der Waals surface area contributed by atoms with E-state index in [0.29, 0.717) is 11.3 Å². The van der Waals surface area contributed by atoms with Gasteiger partial charge in [-0.15, -0.1) is 12.0 Å². The average molecular weight is 407 g/mol. The summed E-state index contributed by atoms with van der Waals surface area (Å²) in [7, 11) is 0. The first kappa shape index (κ1) is 20.5. The van der Waals surface area contributed by atoms with Gasteiger partial charge < -0.3 is 9.64 Å². The fourth-order valence-corrected chi connectivity index (χ4v) is 2.21. The van der Waals surface area contributed by atoms with E-state index in [0.717, 1.165) is 0 Å².